The summed E-state index contributed by atoms with van der Waals surface area (Å²) in [6.07, 6.45) is 1.55. The Kier molecular flexibility index (Phi) is 6.24. The van der Waals surface area contributed by atoms with E-state index in [2.05, 4.69) is 5.32 Å². The summed E-state index contributed by atoms with van der Waals surface area (Å²) < 4.78 is 23.6. The van der Waals surface area contributed by atoms with Crippen LogP contribution >= 0.6 is 0 Å². The molecule has 3 rings (SSSR count). The van der Waals surface area contributed by atoms with Crippen molar-refractivity contribution in [3.05, 3.63) is 48.0 Å². The molecule has 1 atom stereocenters. The van der Waals surface area contributed by atoms with Gasteiger partial charge in [0.1, 0.15) is 23.9 Å². The van der Waals surface area contributed by atoms with Crippen molar-refractivity contribution >= 4 is 11.8 Å². The summed E-state index contributed by atoms with van der Waals surface area (Å²) >= 11 is 0. The highest BCUT2D eigenvalue weighted by molar-refractivity contribution is 5.81. The third kappa shape index (κ3) is 4.95. The molecule has 27 heavy (non-hydrogen) atoms. The summed E-state index contributed by atoms with van der Waals surface area (Å²) in [7, 11) is 1.48. The number of methoxy groups -OCH3 is 1. The highest BCUT2D eigenvalue weighted by atomic mass is 19.1. The number of likely N-dealkylation sites (tertiary alicyclic amines) is 1. The van der Waals surface area contributed by atoms with Crippen LogP contribution in [0, 0.1) is 11.7 Å². The van der Waals surface area contributed by atoms with Crippen LogP contribution in [0.2, 0.25) is 0 Å². The van der Waals surface area contributed by atoms with Gasteiger partial charge in [-0.1, -0.05) is 0 Å². The number of nitrogens with one attached hydrogen (secondary N) is 1. The molecule has 6 nitrogen and oxygen atoms in total. The molecular formula is C20H23FN2O4. The smallest absolute Gasteiger partial charge is 0.248 e. The molecule has 1 aromatic carbocycles. The molecule has 1 fully saturated rings. The standard InChI is InChI=1S/C20H23FN2O4/c1-26-13-19(24)23-10-2-3-15(12-23)20(25)22-11-17-8-9-18(27-17)14-4-6-16(21)7-5-14/h4-9,15H,2-3,10-13H2,1H3,(H,22,25). The predicted octanol–water partition coefficient (Wildman–Crippen LogP) is 2.59. The van der Waals surface area contributed by atoms with Crippen molar-refractivity contribution in [3.63, 3.8) is 0 Å². The number of rotatable bonds is 6. The number of ether oxygens (including phenoxy) is 1. The Hall–Kier alpha value is -2.67. The van der Waals surface area contributed by atoms with Gasteiger partial charge in [-0.2, -0.15) is 0 Å². The van der Waals surface area contributed by atoms with Crippen molar-refractivity contribution in [1.82, 2.24) is 10.2 Å². The third-order valence-corrected chi connectivity index (χ3v) is 4.64. The second-order valence-corrected chi connectivity index (χ2v) is 6.60. The largest absolute Gasteiger partial charge is 0.459 e. The van der Waals surface area contributed by atoms with Gasteiger partial charge in [0.25, 0.3) is 0 Å². The van der Waals surface area contributed by atoms with Crippen LogP contribution in [0.3, 0.4) is 0 Å². The van der Waals surface area contributed by atoms with Gasteiger partial charge in [0, 0.05) is 25.8 Å². The normalized spacial score (nSPS) is 17.0. The molecule has 1 unspecified atom stereocenters. The van der Waals surface area contributed by atoms with E-state index >= 15 is 0 Å². The molecule has 2 amide bonds. The number of piperidine rings is 1. The zero-order chi connectivity index (χ0) is 19.2. The van der Waals surface area contributed by atoms with Crippen LogP contribution in [-0.2, 0) is 20.9 Å². The lowest BCUT2D eigenvalue weighted by atomic mass is 9.97. The van der Waals surface area contributed by atoms with E-state index in [1.165, 1.54) is 19.2 Å². The molecule has 2 aromatic rings. The first-order chi connectivity index (χ1) is 13.1. The fourth-order valence-corrected chi connectivity index (χ4v) is 3.19. The highest BCUT2D eigenvalue weighted by Crippen LogP contribution is 2.23. The van der Waals surface area contributed by atoms with E-state index in [0.29, 0.717) is 24.6 Å². The van der Waals surface area contributed by atoms with Gasteiger partial charge in [-0.15, -0.1) is 0 Å². The fraction of sp³-hybridized carbons (Fsp3) is 0.400. The molecule has 2 heterocycles. The summed E-state index contributed by atoms with van der Waals surface area (Å²) in [5.74, 6) is 0.517. The average molecular weight is 374 g/mol. The predicted molar refractivity (Wildman–Crippen MR) is 97.1 cm³/mol. The second-order valence-electron chi connectivity index (χ2n) is 6.60. The molecule has 0 spiro atoms. The van der Waals surface area contributed by atoms with Crippen LogP contribution in [0.4, 0.5) is 4.39 Å². The summed E-state index contributed by atoms with van der Waals surface area (Å²) in [4.78, 5) is 26.1. The third-order valence-electron chi connectivity index (χ3n) is 4.64. The Morgan fingerprint density at radius 1 is 1.26 bits per heavy atom. The van der Waals surface area contributed by atoms with E-state index in [0.717, 1.165) is 18.4 Å². The number of hydrogen-bond acceptors (Lipinski definition) is 4. The quantitative estimate of drug-likeness (QED) is 0.844. The molecule has 0 radical (unpaired) electrons. The Balaban J connectivity index is 1.53. The van der Waals surface area contributed by atoms with Crippen LogP contribution in [0.5, 0.6) is 0 Å². The number of benzene rings is 1. The summed E-state index contributed by atoms with van der Waals surface area (Å²) in [5.41, 5.74) is 0.772. The van der Waals surface area contributed by atoms with Crippen molar-refractivity contribution in [3.8, 4) is 11.3 Å². The topological polar surface area (TPSA) is 71.8 Å². The molecule has 1 aromatic heterocycles. The monoisotopic (exact) mass is 374 g/mol. The maximum atomic E-state index is 13.0. The molecule has 0 aliphatic carbocycles. The molecule has 1 aliphatic rings. The van der Waals surface area contributed by atoms with Gasteiger partial charge in [0.15, 0.2) is 0 Å². The van der Waals surface area contributed by atoms with Crippen LogP contribution in [0.15, 0.2) is 40.8 Å². The van der Waals surface area contributed by atoms with E-state index in [1.807, 2.05) is 0 Å². The van der Waals surface area contributed by atoms with E-state index in [9.17, 15) is 14.0 Å². The van der Waals surface area contributed by atoms with Gasteiger partial charge in [0.05, 0.1) is 12.5 Å². The maximum Gasteiger partial charge on any atom is 0.248 e. The van der Waals surface area contributed by atoms with Crippen LogP contribution in [0.25, 0.3) is 11.3 Å². The highest BCUT2D eigenvalue weighted by Gasteiger charge is 2.28. The summed E-state index contributed by atoms with van der Waals surface area (Å²) in [6.45, 7) is 1.37. The minimum atomic E-state index is -0.303. The van der Waals surface area contributed by atoms with Gasteiger partial charge >= 0.3 is 0 Å². The van der Waals surface area contributed by atoms with Crippen LogP contribution in [-0.4, -0.2) is 43.5 Å². The molecule has 1 aliphatic heterocycles. The van der Waals surface area contributed by atoms with Gasteiger partial charge in [-0.05, 0) is 49.2 Å². The van der Waals surface area contributed by atoms with Crippen molar-refractivity contribution < 1.29 is 23.1 Å². The van der Waals surface area contributed by atoms with Crippen LogP contribution in [0.1, 0.15) is 18.6 Å². The van der Waals surface area contributed by atoms with E-state index < -0.39 is 0 Å². The molecule has 1 N–H and O–H groups in total. The van der Waals surface area contributed by atoms with Gasteiger partial charge in [-0.25, -0.2) is 4.39 Å². The zero-order valence-corrected chi connectivity index (χ0v) is 15.2. The summed E-state index contributed by atoms with van der Waals surface area (Å²) in [5, 5.41) is 2.87. The number of hydrogen-bond donors (Lipinski definition) is 1. The fourth-order valence-electron chi connectivity index (χ4n) is 3.19. The SMILES string of the molecule is COCC(=O)N1CCCC(C(=O)NCc2ccc(-c3ccc(F)cc3)o2)C1. The first-order valence-corrected chi connectivity index (χ1v) is 8.96. The average Bonchev–Trinajstić information content (AvgIpc) is 3.16. The van der Waals surface area contributed by atoms with Gasteiger partial charge < -0.3 is 19.4 Å². The molecule has 1 saturated heterocycles. The lowest BCUT2D eigenvalue weighted by Crippen LogP contribution is -2.46. The lowest BCUT2D eigenvalue weighted by molar-refractivity contribution is -0.139. The first-order valence-electron chi connectivity index (χ1n) is 8.96. The minimum absolute atomic E-state index is 0.0346. The number of halogens is 1. The number of nitrogens with zero attached hydrogens (tertiary/aromatic N) is 1. The van der Waals surface area contributed by atoms with E-state index in [4.69, 9.17) is 9.15 Å². The summed E-state index contributed by atoms with van der Waals surface area (Å²) in [6, 6.07) is 9.61. The lowest BCUT2D eigenvalue weighted by Gasteiger charge is -2.31. The molecule has 144 valence electrons. The number of carbonyl (C=O) groups is 2. The number of amides is 2. The zero-order valence-electron chi connectivity index (χ0n) is 15.2. The second kappa shape index (κ2) is 8.81. The van der Waals surface area contributed by atoms with Gasteiger partial charge in [-0.3, -0.25) is 9.59 Å². The number of carbonyl (C=O) groups excluding carboxylic acids is 2. The van der Waals surface area contributed by atoms with Crippen LogP contribution < -0.4 is 5.32 Å². The Morgan fingerprint density at radius 3 is 2.78 bits per heavy atom. The van der Waals surface area contributed by atoms with E-state index in [1.54, 1.807) is 29.2 Å². The molecule has 0 saturated carbocycles. The Labute approximate surface area is 157 Å². The number of furan rings is 1. The molecule has 0 bridgehead atoms. The Morgan fingerprint density at radius 2 is 2.04 bits per heavy atom. The van der Waals surface area contributed by atoms with Crippen molar-refractivity contribution in [2.24, 2.45) is 5.92 Å². The van der Waals surface area contributed by atoms with Crippen molar-refractivity contribution in [2.75, 3.05) is 26.8 Å². The first kappa shape index (κ1) is 19.1. The van der Waals surface area contributed by atoms with Crippen molar-refractivity contribution in [1.29, 1.82) is 0 Å². The minimum Gasteiger partial charge on any atom is -0.459 e. The maximum absolute atomic E-state index is 13.0. The Bertz CT molecular complexity index is 788. The molecule has 7 heteroatoms. The van der Waals surface area contributed by atoms with Gasteiger partial charge in [0.2, 0.25) is 11.8 Å². The molecular weight excluding hydrogens is 351 g/mol. The van der Waals surface area contributed by atoms with E-state index in [-0.39, 0.29) is 36.7 Å². The van der Waals surface area contributed by atoms with Crippen molar-refractivity contribution in [2.45, 2.75) is 19.4 Å².